The summed E-state index contributed by atoms with van der Waals surface area (Å²) in [5, 5.41) is 11.3. The van der Waals surface area contributed by atoms with E-state index in [9.17, 15) is 9.59 Å². The fourth-order valence-corrected chi connectivity index (χ4v) is 1.74. The molecule has 0 heterocycles. The third-order valence-electron chi connectivity index (χ3n) is 2.67. The van der Waals surface area contributed by atoms with Crippen molar-refractivity contribution in [3.63, 3.8) is 0 Å². The SMILES string of the molecule is COc1cc(C)cc(OC)c1OCC(NC(C)=O)C(=O)O. The molecule has 0 aliphatic heterocycles. The van der Waals surface area contributed by atoms with Crippen LogP contribution in [0.4, 0.5) is 0 Å². The highest BCUT2D eigenvalue weighted by Crippen LogP contribution is 2.38. The lowest BCUT2D eigenvalue weighted by atomic mass is 10.2. The zero-order valence-electron chi connectivity index (χ0n) is 12.4. The quantitative estimate of drug-likeness (QED) is 0.779. The average Bonchev–Trinajstić information content (AvgIpc) is 2.42. The first-order valence-corrected chi connectivity index (χ1v) is 6.24. The summed E-state index contributed by atoms with van der Waals surface area (Å²) >= 11 is 0. The summed E-state index contributed by atoms with van der Waals surface area (Å²) in [5.41, 5.74) is 0.910. The third-order valence-corrected chi connectivity index (χ3v) is 2.67. The van der Waals surface area contributed by atoms with E-state index in [1.807, 2.05) is 6.92 Å². The molecule has 0 radical (unpaired) electrons. The molecule has 1 aromatic rings. The van der Waals surface area contributed by atoms with Crippen LogP contribution in [0.15, 0.2) is 12.1 Å². The van der Waals surface area contributed by atoms with Gasteiger partial charge in [-0.3, -0.25) is 4.79 Å². The predicted octanol–water partition coefficient (Wildman–Crippen LogP) is 0.980. The van der Waals surface area contributed by atoms with Crippen LogP contribution in [0.25, 0.3) is 0 Å². The summed E-state index contributed by atoms with van der Waals surface area (Å²) in [6.07, 6.45) is 0. The fourth-order valence-electron chi connectivity index (χ4n) is 1.74. The second-order valence-corrected chi connectivity index (χ2v) is 4.40. The Morgan fingerprint density at radius 3 is 2.14 bits per heavy atom. The molecule has 116 valence electrons. The average molecular weight is 297 g/mol. The lowest BCUT2D eigenvalue weighted by Gasteiger charge is -2.18. The number of benzene rings is 1. The maximum absolute atomic E-state index is 11.1. The number of carboxylic acid groups (broad SMARTS) is 1. The first-order valence-electron chi connectivity index (χ1n) is 6.24. The van der Waals surface area contributed by atoms with Gasteiger partial charge in [0.1, 0.15) is 6.61 Å². The fraction of sp³-hybridized carbons (Fsp3) is 0.429. The van der Waals surface area contributed by atoms with Crippen LogP contribution in [0.3, 0.4) is 0 Å². The van der Waals surface area contributed by atoms with Crippen LogP contribution in [0.2, 0.25) is 0 Å². The van der Waals surface area contributed by atoms with Crippen molar-refractivity contribution in [2.75, 3.05) is 20.8 Å². The minimum absolute atomic E-state index is 0.245. The summed E-state index contributed by atoms with van der Waals surface area (Å²) in [7, 11) is 2.95. The maximum atomic E-state index is 11.1. The van der Waals surface area contributed by atoms with Crippen LogP contribution in [-0.4, -0.2) is 43.9 Å². The van der Waals surface area contributed by atoms with Gasteiger partial charge in [-0.2, -0.15) is 0 Å². The molecule has 0 aromatic heterocycles. The number of hydrogen-bond acceptors (Lipinski definition) is 5. The van der Waals surface area contributed by atoms with Gasteiger partial charge in [0.05, 0.1) is 14.2 Å². The lowest BCUT2D eigenvalue weighted by molar-refractivity contribution is -0.142. The van der Waals surface area contributed by atoms with Crippen LogP contribution < -0.4 is 19.5 Å². The Labute approximate surface area is 122 Å². The van der Waals surface area contributed by atoms with Crippen molar-refractivity contribution < 1.29 is 28.9 Å². The van der Waals surface area contributed by atoms with E-state index in [-0.39, 0.29) is 6.61 Å². The minimum atomic E-state index is -1.18. The molecule has 2 N–H and O–H groups in total. The van der Waals surface area contributed by atoms with E-state index in [1.54, 1.807) is 12.1 Å². The molecule has 0 aliphatic carbocycles. The zero-order chi connectivity index (χ0) is 16.0. The number of rotatable bonds is 7. The number of methoxy groups -OCH3 is 2. The Morgan fingerprint density at radius 2 is 1.76 bits per heavy atom. The van der Waals surface area contributed by atoms with Crippen molar-refractivity contribution in [1.82, 2.24) is 5.32 Å². The van der Waals surface area contributed by atoms with Crippen LogP contribution in [0.5, 0.6) is 17.2 Å². The topological polar surface area (TPSA) is 94.1 Å². The van der Waals surface area contributed by atoms with Crippen LogP contribution in [0, 0.1) is 6.92 Å². The predicted molar refractivity (Wildman–Crippen MR) is 75.0 cm³/mol. The maximum Gasteiger partial charge on any atom is 0.329 e. The molecule has 7 heteroatoms. The monoisotopic (exact) mass is 297 g/mol. The Morgan fingerprint density at radius 1 is 1.24 bits per heavy atom. The van der Waals surface area contributed by atoms with Crippen molar-refractivity contribution in [2.24, 2.45) is 0 Å². The number of aryl methyl sites for hydroxylation is 1. The molecule has 0 aliphatic rings. The molecule has 0 saturated heterocycles. The van der Waals surface area contributed by atoms with Crippen molar-refractivity contribution in [3.05, 3.63) is 17.7 Å². The number of amides is 1. The highest BCUT2D eigenvalue weighted by atomic mass is 16.5. The van der Waals surface area contributed by atoms with E-state index >= 15 is 0 Å². The first kappa shape index (κ1) is 16.6. The standard InChI is InChI=1S/C14H19NO6/c1-8-5-11(19-3)13(12(6-8)20-4)21-7-10(14(17)18)15-9(2)16/h5-6,10H,7H2,1-4H3,(H,15,16)(H,17,18). The van der Waals surface area contributed by atoms with Crippen LogP contribution in [0.1, 0.15) is 12.5 Å². The van der Waals surface area contributed by atoms with Gasteiger partial charge in [-0.15, -0.1) is 0 Å². The first-order chi connectivity index (χ1) is 9.88. The molecular formula is C14H19NO6. The molecule has 1 aromatic carbocycles. The van der Waals surface area contributed by atoms with Gasteiger partial charge in [-0.25, -0.2) is 4.79 Å². The van der Waals surface area contributed by atoms with Gasteiger partial charge in [0, 0.05) is 6.92 Å². The normalized spacial score (nSPS) is 11.4. The minimum Gasteiger partial charge on any atom is -0.493 e. The number of aliphatic carboxylic acids is 1. The molecule has 1 unspecified atom stereocenters. The van der Waals surface area contributed by atoms with E-state index in [2.05, 4.69) is 5.32 Å². The Bertz CT molecular complexity index is 503. The van der Waals surface area contributed by atoms with Gasteiger partial charge < -0.3 is 24.6 Å². The largest absolute Gasteiger partial charge is 0.493 e. The number of carbonyl (C=O) groups is 2. The molecule has 7 nitrogen and oxygen atoms in total. The van der Waals surface area contributed by atoms with Gasteiger partial charge in [-0.1, -0.05) is 0 Å². The molecule has 1 atom stereocenters. The van der Waals surface area contributed by atoms with Crippen molar-refractivity contribution in [3.8, 4) is 17.2 Å². The van der Waals surface area contributed by atoms with Crippen molar-refractivity contribution in [1.29, 1.82) is 0 Å². The number of nitrogens with one attached hydrogen (secondary N) is 1. The van der Waals surface area contributed by atoms with Gasteiger partial charge in [0.25, 0.3) is 0 Å². The van der Waals surface area contributed by atoms with E-state index < -0.39 is 17.9 Å². The highest BCUT2D eigenvalue weighted by Gasteiger charge is 2.21. The molecule has 1 rings (SSSR count). The van der Waals surface area contributed by atoms with Gasteiger partial charge >= 0.3 is 5.97 Å². The summed E-state index contributed by atoms with van der Waals surface area (Å²) in [4.78, 5) is 22.0. The number of carboxylic acids is 1. The van der Waals surface area contributed by atoms with Crippen molar-refractivity contribution in [2.45, 2.75) is 19.9 Å². The Kier molecular flexibility index (Phi) is 5.83. The summed E-state index contributed by atoms with van der Waals surface area (Å²) in [5.74, 6) is -0.482. The molecule has 0 saturated carbocycles. The second kappa shape index (κ2) is 7.37. The third kappa shape index (κ3) is 4.55. The smallest absolute Gasteiger partial charge is 0.329 e. The van der Waals surface area contributed by atoms with Crippen molar-refractivity contribution >= 4 is 11.9 Å². The van der Waals surface area contributed by atoms with E-state index in [0.29, 0.717) is 17.2 Å². The Balaban J connectivity index is 2.95. The van der Waals surface area contributed by atoms with Gasteiger partial charge in [0.2, 0.25) is 11.7 Å². The molecule has 0 spiro atoms. The molecule has 0 bridgehead atoms. The molecular weight excluding hydrogens is 278 g/mol. The van der Waals surface area contributed by atoms with E-state index in [1.165, 1.54) is 21.1 Å². The Hall–Kier alpha value is -2.44. The molecule has 1 amide bonds. The van der Waals surface area contributed by atoms with Gasteiger partial charge in [-0.05, 0) is 24.6 Å². The zero-order valence-corrected chi connectivity index (χ0v) is 12.4. The number of carbonyl (C=O) groups excluding carboxylic acids is 1. The number of hydrogen-bond donors (Lipinski definition) is 2. The highest BCUT2D eigenvalue weighted by molar-refractivity contribution is 5.82. The van der Waals surface area contributed by atoms with E-state index in [0.717, 1.165) is 5.56 Å². The molecule has 21 heavy (non-hydrogen) atoms. The van der Waals surface area contributed by atoms with E-state index in [4.69, 9.17) is 19.3 Å². The van der Waals surface area contributed by atoms with Crippen LogP contribution >= 0.6 is 0 Å². The lowest BCUT2D eigenvalue weighted by Crippen LogP contribution is -2.43. The summed E-state index contributed by atoms with van der Waals surface area (Å²) in [6.45, 7) is 2.86. The summed E-state index contributed by atoms with van der Waals surface area (Å²) < 4.78 is 15.9. The second-order valence-electron chi connectivity index (χ2n) is 4.40. The summed E-state index contributed by atoms with van der Waals surface area (Å²) in [6, 6.07) is 2.33. The van der Waals surface area contributed by atoms with Gasteiger partial charge in [0.15, 0.2) is 17.5 Å². The van der Waals surface area contributed by atoms with Crippen LogP contribution in [-0.2, 0) is 9.59 Å². The molecule has 0 fully saturated rings. The number of ether oxygens (including phenoxy) is 3.